The van der Waals surface area contributed by atoms with Crippen LogP contribution < -0.4 is 10.6 Å². The molecule has 3 aromatic heterocycles. The summed E-state index contributed by atoms with van der Waals surface area (Å²) >= 11 is 1.85. The number of nitrogens with one attached hydrogen (secondary N) is 2. The van der Waals surface area contributed by atoms with Gasteiger partial charge in [-0.05, 0) is 59.7 Å². The van der Waals surface area contributed by atoms with E-state index in [4.69, 9.17) is 9.73 Å². The van der Waals surface area contributed by atoms with Crippen LogP contribution in [0.15, 0.2) is 186 Å². The van der Waals surface area contributed by atoms with E-state index in [-0.39, 0.29) is 18.5 Å². The third kappa shape index (κ3) is 5.27. The number of para-hydroxylation sites is 3. The van der Waals surface area contributed by atoms with Crippen molar-refractivity contribution in [1.82, 2.24) is 15.2 Å². The highest BCUT2D eigenvalue weighted by atomic mass is 32.1. The van der Waals surface area contributed by atoms with Gasteiger partial charge in [-0.3, -0.25) is 0 Å². The summed E-state index contributed by atoms with van der Waals surface area (Å²) in [5.41, 5.74) is 11.0. The Balaban J connectivity index is 0.981. The first-order valence-corrected chi connectivity index (χ1v) is 20.3. The summed E-state index contributed by atoms with van der Waals surface area (Å²) in [6.45, 7) is 0. The molecule has 8 aromatic carbocycles. The summed E-state index contributed by atoms with van der Waals surface area (Å²) in [5, 5.41) is 20.1. The molecule has 4 heterocycles. The van der Waals surface area contributed by atoms with E-state index in [1.165, 1.54) is 47.7 Å². The predicted molar refractivity (Wildman–Crippen MR) is 237 cm³/mol. The van der Waals surface area contributed by atoms with E-state index in [2.05, 4.69) is 197 Å². The Morgan fingerprint density at radius 1 is 0.509 bits per heavy atom. The van der Waals surface area contributed by atoms with E-state index >= 15 is 0 Å². The van der Waals surface area contributed by atoms with Crippen LogP contribution in [0.2, 0.25) is 0 Å². The van der Waals surface area contributed by atoms with Crippen molar-refractivity contribution in [1.29, 1.82) is 0 Å². The van der Waals surface area contributed by atoms with E-state index in [0.29, 0.717) is 0 Å². The zero-order valence-corrected chi connectivity index (χ0v) is 31.6. The van der Waals surface area contributed by atoms with Gasteiger partial charge in [-0.1, -0.05) is 157 Å². The van der Waals surface area contributed by atoms with Crippen LogP contribution in [-0.2, 0) is 0 Å². The minimum atomic E-state index is -0.186. The van der Waals surface area contributed by atoms with Crippen molar-refractivity contribution in [2.75, 3.05) is 0 Å². The van der Waals surface area contributed by atoms with E-state index in [9.17, 15) is 0 Å². The van der Waals surface area contributed by atoms with Crippen LogP contribution in [0.25, 0.3) is 86.0 Å². The molecule has 0 spiro atoms. The first kappa shape index (κ1) is 32.7. The maximum atomic E-state index is 6.84. The highest BCUT2D eigenvalue weighted by molar-refractivity contribution is 7.25. The lowest BCUT2D eigenvalue weighted by Crippen LogP contribution is -2.44. The van der Waals surface area contributed by atoms with Crippen molar-refractivity contribution < 1.29 is 4.42 Å². The van der Waals surface area contributed by atoms with Crippen LogP contribution >= 0.6 is 11.3 Å². The van der Waals surface area contributed by atoms with E-state index in [1.807, 2.05) is 11.3 Å². The van der Waals surface area contributed by atoms with Crippen molar-refractivity contribution in [2.45, 2.75) is 18.5 Å². The van der Waals surface area contributed by atoms with Gasteiger partial charge in [-0.15, -0.1) is 11.3 Å². The number of furan rings is 1. The molecule has 0 saturated carbocycles. The van der Waals surface area contributed by atoms with Gasteiger partial charge in [0.25, 0.3) is 0 Å². The standard InChI is InChI=1S/C51H35N4OS/c1-3-13-31(14-4-1)49-52-50(32-15-5-2-6-16-32)54-51(53-49)39-21-12-24-44-47(39)38-20-11-19-35(48(38)56-44)33-25-27-45-40(29-33)41-30-34(26-28-46(41)57-45)55-42-22-9-7-17-36(42)37-18-8-10-23-43(37)55/h1-30,49-51,53-54H/q-1. The van der Waals surface area contributed by atoms with Crippen molar-refractivity contribution in [3.8, 4) is 16.8 Å². The Bertz CT molecular complexity index is 3210. The van der Waals surface area contributed by atoms with Gasteiger partial charge in [-0.2, -0.15) is 0 Å². The van der Waals surface area contributed by atoms with Crippen LogP contribution in [0.3, 0.4) is 0 Å². The number of fused-ring (bicyclic) bond motifs is 9. The Labute approximate surface area is 332 Å². The molecular formula is C51H35N4OS-. The van der Waals surface area contributed by atoms with Crippen LogP contribution in [0, 0.1) is 0 Å². The summed E-state index contributed by atoms with van der Waals surface area (Å²) in [6, 6.07) is 65.1. The quantitative estimate of drug-likeness (QED) is 0.184. The topological polar surface area (TPSA) is 56.2 Å². The monoisotopic (exact) mass is 751 g/mol. The molecule has 0 amide bonds. The van der Waals surface area contributed by atoms with E-state index in [0.717, 1.165) is 49.8 Å². The summed E-state index contributed by atoms with van der Waals surface area (Å²) in [6.07, 6.45) is -0.549. The Kier molecular flexibility index (Phi) is 7.46. The predicted octanol–water partition coefficient (Wildman–Crippen LogP) is 13.7. The molecule has 272 valence electrons. The number of rotatable bonds is 5. The van der Waals surface area contributed by atoms with Gasteiger partial charge in [0.1, 0.15) is 11.2 Å². The van der Waals surface area contributed by atoms with Crippen LogP contribution in [0.1, 0.15) is 35.2 Å². The second-order valence-corrected chi connectivity index (χ2v) is 16.0. The zero-order valence-electron chi connectivity index (χ0n) is 30.8. The first-order valence-electron chi connectivity index (χ1n) is 19.5. The Hall–Kier alpha value is -6.54. The molecule has 6 heteroatoms. The molecule has 5 nitrogen and oxygen atoms in total. The minimum absolute atomic E-state index is 0.177. The van der Waals surface area contributed by atoms with Gasteiger partial charge >= 0.3 is 0 Å². The van der Waals surface area contributed by atoms with Crippen molar-refractivity contribution in [3.05, 3.63) is 204 Å². The lowest BCUT2D eigenvalue weighted by atomic mass is 9.97. The molecule has 12 rings (SSSR count). The molecule has 57 heavy (non-hydrogen) atoms. The smallest absolute Gasteiger partial charge is 0.143 e. The molecule has 1 aliphatic heterocycles. The summed E-state index contributed by atoms with van der Waals surface area (Å²) < 4.78 is 11.8. The van der Waals surface area contributed by atoms with Crippen molar-refractivity contribution in [3.63, 3.8) is 0 Å². The fourth-order valence-electron chi connectivity index (χ4n) is 9.03. The average molecular weight is 752 g/mol. The lowest BCUT2D eigenvalue weighted by Gasteiger charge is -2.50. The van der Waals surface area contributed by atoms with Crippen molar-refractivity contribution >= 4 is 75.3 Å². The van der Waals surface area contributed by atoms with Crippen LogP contribution in [-0.4, -0.2) is 4.57 Å². The fraction of sp³-hybridized carbons (Fsp3) is 0.0588. The number of aromatic nitrogens is 1. The number of benzene rings is 8. The summed E-state index contributed by atoms with van der Waals surface area (Å²) in [7, 11) is 0. The Morgan fingerprint density at radius 2 is 1.11 bits per heavy atom. The number of hydrogen-bond donors (Lipinski definition) is 2. The highest BCUT2D eigenvalue weighted by Crippen LogP contribution is 2.44. The van der Waals surface area contributed by atoms with Gasteiger partial charge in [-0.25, -0.2) is 0 Å². The van der Waals surface area contributed by atoms with Gasteiger partial charge in [0.15, 0.2) is 0 Å². The van der Waals surface area contributed by atoms with E-state index < -0.39 is 0 Å². The van der Waals surface area contributed by atoms with Gasteiger partial charge in [0, 0.05) is 53.0 Å². The van der Waals surface area contributed by atoms with Crippen molar-refractivity contribution in [2.24, 2.45) is 0 Å². The second kappa shape index (κ2) is 13.0. The SMILES string of the molecule is c1ccc(C2[N-]C(c3ccccc3)NC(c3cccc4oc5c(-c6ccc7sc8ccc(-n9c%10ccccc%10c%10ccccc%109)cc8c7c6)cccc5c34)N2)cc1. The third-order valence-corrected chi connectivity index (χ3v) is 12.8. The molecule has 1 aliphatic rings. The lowest BCUT2D eigenvalue weighted by molar-refractivity contribution is 0.318. The normalized spacial score (nSPS) is 17.4. The molecular weight excluding hydrogens is 717 g/mol. The molecule has 2 atom stereocenters. The summed E-state index contributed by atoms with van der Waals surface area (Å²) in [4.78, 5) is 0. The molecule has 0 radical (unpaired) electrons. The van der Waals surface area contributed by atoms with E-state index in [1.54, 1.807) is 0 Å². The largest absolute Gasteiger partial charge is 0.624 e. The number of thiophene rings is 1. The van der Waals surface area contributed by atoms with Gasteiger partial charge in [0.05, 0.1) is 17.2 Å². The molecule has 2 N–H and O–H groups in total. The van der Waals surface area contributed by atoms with Gasteiger partial charge < -0.3 is 24.9 Å². The molecule has 1 saturated heterocycles. The summed E-state index contributed by atoms with van der Waals surface area (Å²) in [5.74, 6) is 0. The first-order chi connectivity index (χ1) is 28.2. The van der Waals surface area contributed by atoms with Crippen LogP contribution in [0.4, 0.5) is 0 Å². The maximum absolute atomic E-state index is 6.84. The second-order valence-electron chi connectivity index (χ2n) is 14.9. The average Bonchev–Trinajstić information content (AvgIpc) is 3.96. The minimum Gasteiger partial charge on any atom is -0.624 e. The number of nitrogens with zero attached hydrogens (tertiary/aromatic N) is 2. The highest BCUT2D eigenvalue weighted by Gasteiger charge is 2.26. The zero-order chi connectivity index (χ0) is 37.5. The third-order valence-electron chi connectivity index (χ3n) is 11.6. The van der Waals surface area contributed by atoms with Gasteiger partial charge in [0.2, 0.25) is 0 Å². The Morgan fingerprint density at radius 3 is 1.81 bits per heavy atom. The number of hydrogen-bond acceptors (Lipinski definition) is 4. The molecule has 11 aromatic rings. The fourth-order valence-corrected chi connectivity index (χ4v) is 10.1. The molecule has 1 fully saturated rings. The molecule has 2 unspecified atom stereocenters. The molecule has 0 aliphatic carbocycles. The molecule has 0 bridgehead atoms. The van der Waals surface area contributed by atoms with Crippen LogP contribution in [0.5, 0.6) is 0 Å². The maximum Gasteiger partial charge on any atom is 0.143 e.